The molecule has 0 atom stereocenters. The highest BCUT2D eigenvalue weighted by Gasteiger charge is 2.11. The van der Waals surface area contributed by atoms with Crippen LogP contribution in [0.1, 0.15) is 24.0 Å². The zero-order valence-corrected chi connectivity index (χ0v) is 14.8. The molecule has 2 aromatic rings. The van der Waals surface area contributed by atoms with E-state index < -0.39 is 0 Å². The molecule has 132 valence electrons. The first kappa shape index (κ1) is 18.4. The molecule has 0 fully saturated rings. The van der Waals surface area contributed by atoms with E-state index >= 15 is 0 Å². The van der Waals surface area contributed by atoms with Crippen molar-refractivity contribution in [3.8, 4) is 11.6 Å². The lowest BCUT2D eigenvalue weighted by atomic mass is 10.2. The highest BCUT2D eigenvalue weighted by Crippen LogP contribution is 2.25. The summed E-state index contributed by atoms with van der Waals surface area (Å²) in [4.78, 5) is 29.2. The van der Waals surface area contributed by atoms with Gasteiger partial charge in [0.1, 0.15) is 5.75 Å². The van der Waals surface area contributed by atoms with Crippen LogP contribution in [-0.4, -0.2) is 35.8 Å². The molecule has 6 heteroatoms. The summed E-state index contributed by atoms with van der Waals surface area (Å²) in [6, 6.07) is 11.3. The van der Waals surface area contributed by atoms with E-state index in [4.69, 9.17) is 4.74 Å². The number of nitrogens with zero attached hydrogens (tertiary/aromatic N) is 2. The topological polar surface area (TPSA) is 71.5 Å². The first-order valence-corrected chi connectivity index (χ1v) is 8.11. The minimum absolute atomic E-state index is 0.0693. The Labute approximate surface area is 147 Å². The lowest BCUT2D eigenvalue weighted by molar-refractivity contribution is -0.131. The summed E-state index contributed by atoms with van der Waals surface area (Å²) in [7, 11) is 3.34. The van der Waals surface area contributed by atoms with Crippen molar-refractivity contribution >= 4 is 11.8 Å². The maximum absolute atomic E-state index is 11.9. The van der Waals surface area contributed by atoms with Crippen molar-refractivity contribution in [3.63, 3.8) is 0 Å². The smallest absolute Gasteiger partial charge is 0.224 e. The number of pyridine rings is 1. The second-order valence-electron chi connectivity index (χ2n) is 5.90. The van der Waals surface area contributed by atoms with E-state index in [9.17, 15) is 9.59 Å². The average Bonchev–Trinajstić information content (AvgIpc) is 2.60. The third-order valence-corrected chi connectivity index (χ3v) is 3.69. The van der Waals surface area contributed by atoms with Crippen molar-refractivity contribution in [2.75, 3.05) is 14.1 Å². The summed E-state index contributed by atoms with van der Waals surface area (Å²) in [5, 5.41) is 2.80. The van der Waals surface area contributed by atoms with Gasteiger partial charge in [0.25, 0.3) is 0 Å². The van der Waals surface area contributed by atoms with Gasteiger partial charge in [-0.2, -0.15) is 0 Å². The summed E-state index contributed by atoms with van der Waals surface area (Å²) >= 11 is 0. The Bertz CT molecular complexity index is 744. The number of amides is 2. The molecule has 25 heavy (non-hydrogen) atoms. The number of carbonyl (C=O) groups excluding carboxylic acids is 2. The Morgan fingerprint density at radius 1 is 1.12 bits per heavy atom. The average molecular weight is 341 g/mol. The summed E-state index contributed by atoms with van der Waals surface area (Å²) in [6.45, 7) is 2.26. The number of aryl methyl sites for hydroxylation is 1. The van der Waals surface area contributed by atoms with Gasteiger partial charge < -0.3 is 15.0 Å². The van der Waals surface area contributed by atoms with E-state index in [1.165, 1.54) is 4.90 Å². The number of hydrogen-bond acceptors (Lipinski definition) is 4. The summed E-state index contributed by atoms with van der Waals surface area (Å²) < 4.78 is 5.88. The SMILES string of the molecule is Cc1ccccc1Oc1ncccc1CNC(=O)CCC(=O)N(C)C. The summed E-state index contributed by atoms with van der Waals surface area (Å²) in [5.41, 5.74) is 1.78. The molecule has 2 rings (SSSR count). The Hall–Kier alpha value is -2.89. The number of aromatic nitrogens is 1. The predicted molar refractivity (Wildman–Crippen MR) is 95.3 cm³/mol. The maximum atomic E-state index is 11.9. The maximum Gasteiger partial charge on any atom is 0.224 e. The Kier molecular flexibility index (Phi) is 6.51. The van der Waals surface area contributed by atoms with E-state index in [-0.39, 0.29) is 24.7 Å². The number of benzene rings is 1. The standard InChI is InChI=1S/C19H23N3O3/c1-14-7-4-5-9-16(14)25-19-15(8-6-12-20-19)13-21-17(23)10-11-18(24)22(2)3/h4-9,12H,10-11,13H2,1-3H3,(H,21,23). The molecule has 0 unspecified atom stereocenters. The Morgan fingerprint density at radius 3 is 2.60 bits per heavy atom. The minimum atomic E-state index is -0.180. The van der Waals surface area contributed by atoms with Gasteiger partial charge in [-0.1, -0.05) is 24.3 Å². The van der Waals surface area contributed by atoms with Crippen LogP contribution >= 0.6 is 0 Å². The van der Waals surface area contributed by atoms with Crippen molar-refractivity contribution in [2.45, 2.75) is 26.3 Å². The second kappa shape index (κ2) is 8.82. The lowest BCUT2D eigenvalue weighted by Gasteiger charge is -2.13. The van der Waals surface area contributed by atoms with Crippen molar-refractivity contribution in [3.05, 3.63) is 53.7 Å². The highest BCUT2D eigenvalue weighted by atomic mass is 16.5. The van der Waals surface area contributed by atoms with Crippen LogP contribution < -0.4 is 10.1 Å². The van der Waals surface area contributed by atoms with Crippen LogP contribution in [0.15, 0.2) is 42.6 Å². The molecule has 1 aromatic carbocycles. The molecule has 1 heterocycles. The predicted octanol–water partition coefficient (Wildman–Crippen LogP) is 2.67. The van der Waals surface area contributed by atoms with Gasteiger partial charge in [0, 0.05) is 45.2 Å². The van der Waals surface area contributed by atoms with Crippen molar-refractivity contribution in [2.24, 2.45) is 0 Å². The van der Waals surface area contributed by atoms with Crippen molar-refractivity contribution in [1.82, 2.24) is 15.2 Å². The quantitative estimate of drug-likeness (QED) is 0.840. The molecule has 2 amide bonds. The van der Waals surface area contributed by atoms with Crippen LogP contribution in [0.25, 0.3) is 0 Å². The molecule has 0 bridgehead atoms. The van der Waals surface area contributed by atoms with Crippen LogP contribution in [0.4, 0.5) is 0 Å². The molecular formula is C19H23N3O3. The molecular weight excluding hydrogens is 318 g/mol. The molecule has 0 aliphatic carbocycles. The number of carbonyl (C=O) groups is 2. The normalized spacial score (nSPS) is 10.2. The molecule has 0 aliphatic rings. The number of para-hydroxylation sites is 1. The summed E-state index contributed by atoms with van der Waals surface area (Å²) in [5.74, 6) is 0.938. The van der Waals surface area contributed by atoms with E-state index in [0.29, 0.717) is 12.4 Å². The number of ether oxygens (including phenoxy) is 1. The molecule has 1 N–H and O–H groups in total. The molecule has 0 aliphatic heterocycles. The lowest BCUT2D eigenvalue weighted by Crippen LogP contribution is -2.27. The van der Waals surface area contributed by atoms with Crippen molar-refractivity contribution < 1.29 is 14.3 Å². The van der Waals surface area contributed by atoms with Gasteiger partial charge >= 0.3 is 0 Å². The highest BCUT2D eigenvalue weighted by molar-refractivity contribution is 5.83. The monoisotopic (exact) mass is 341 g/mol. The minimum Gasteiger partial charge on any atom is -0.438 e. The van der Waals surface area contributed by atoms with Crippen molar-refractivity contribution in [1.29, 1.82) is 0 Å². The molecule has 1 aromatic heterocycles. The van der Waals surface area contributed by atoms with Gasteiger partial charge in [-0.05, 0) is 24.6 Å². The van der Waals surface area contributed by atoms with Gasteiger partial charge in [-0.3, -0.25) is 9.59 Å². The van der Waals surface area contributed by atoms with E-state index in [1.807, 2.05) is 37.3 Å². The number of nitrogens with one attached hydrogen (secondary N) is 1. The van der Waals surface area contributed by atoms with Gasteiger partial charge in [-0.25, -0.2) is 4.98 Å². The van der Waals surface area contributed by atoms with E-state index in [2.05, 4.69) is 10.3 Å². The van der Waals surface area contributed by atoms with Gasteiger partial charge in [-0.15, -0.1) is 0 Å². The summed E-state index contributed by atoms with van der Waals surface area (Å²) in [6.07, 6.45) is 2.00. The molecule has 0 saturated carbocycles. The molecule has 6 nitrogen and oxygen atoms in total. The fourth-order valence-electron chi connectivity index (χ4n) is 2.15. The first-order valence-electron chi connectivity index (χ1n) is 8.11. The largest absolute Gasteiger partial charge is 0.438 e. The fraction of sp³-hybridized carbons (Fsp3) is 0.316. The third kappa shape index (κ3) is 5.60. The first-order chi connectivity index (χ1) is 12.0. The third-order valence-electron chi connectivity index (χ3n) is 3.69. The molecule has 0 saturated heterocycles. The number of rotatable bonds is 7. The van der Waals surface area contributed by atoms with E-state index in [0.717, 1.165) is 16.9 Å². The second-order valence-corrected chi connectivity index (χ2v) is 5.90. The van der Waals surface area contributed by atoms with Crippen LogP contribution in [-0.2, 0) is 16.1 Å². The molecule has 0 spiro atoms. The van der Waals surface area contributed by atoms with Gasteiger partial charge in [0.05, 0.1) is 0 Å². The number of hydrogen-bond donors (Lipinski definition) is 1. The zero-order valence-electron chi connectivity index (χ0n) is 14.8. The zero-order chi connectivity index (χ0) is 18.2. The van der Waals surface area contributed by atoms with Gasteiger partial charge in [0.15, 0.2) is 0 Å². The van der Waals surface area contributed by atoms with Crippen LogP contribution in [0, 0.1) is 6.92 Å². The Morgan fingerprint density at radius 2 is 1.88 bits per heavy atom. The van der Waals surface area contributed by atoms with Crippen LogP contribution in [0.5, 0.6) is 11.6 Å². The fourth-order valence-corrected chi connectivity index (χ4v) is 2.15. The van der Waals surface area contributed by atoms with E-state index in [1.54, 1.807) is 26.4 Å². The Balaban J connectivity index is 1.95. The molecule has 0 radical (unpaired) electrons. The van der Waals surface area contributed by atoms with Crippen LogP contribution in [0.3, 0.4) is 0 Å². The van der Waals surface area contributed by atoms with Gasteiger partial charge in [0.2, 0.25) is 17.7 Å². The van der Waals surface area contributed by atoms with Crippen LogP contribution in [0.2, 0.25) is 0 Å².